The molecule has 5 heteroatoms. The van der Waals surface area contributed by atoms with Crippen molar-refractivity contribution in [2.24, 2.45) is 11.7 Å². The summed E-state index contributed by atoms with van der Waals surface area (Å²) < 4.78 is 10.3. The average molecular weight is 264 g/mol. The van der Waals surface area contributed by atoms with E-state index >= 15 is 0 Å². The molecule has 1 aromatic carbocycles. The van der Waals surface area contributed by atoms with Gasteiger partial charge in [0.15, 0.2) is 0 Å². The molecule has 0 saturated carbocycles. The van der Waals surface area contributed by atoms with E-state index in [-0.39, 0.29) is 17.9 Å². The highest BCUT2D eigenvalue weighted by Gasteiger charge is 2.31. The number of carbonyl (C=O) groups excluding carboxylic acids is 1. The van der Waals surface area contributed by atoms with E-state index in [1.54, 1.807) is 7.11 Å². The van der Waals surface area contributed by atoms with Crippen molar-refractivity contribution in [1.82, 2.24) is 0 Å². The van der Waals surface area contributed by atoms with E-state index in [2.05, 4.69) is 5.32 Å². The summed E-state index contributed by atoms with van der Waals surface area (Å²) in [5.41, 5.74) is 7.73. The molecule has 5 nitrogen and oxygen atoms in total. The molecule has 0 radical (unpaired) electrons. The van der Waals surface area contributed by atoms with Crippen molar-refractivity contribution < 1.29 is 14.3 Å². The number of para-hydroxylation sites is 1. The van der Waals surface area contributed by atoms with Gasteiger partial charge in [0.1, 0.15) is 0 Å². The Balaban J connectivity index is 2.03. The molecule has 3 N–H and O–H groups in total. The van der Waals surface area contributed by atoms with Crippen LogP contribution in [0.3, 0.4) is 0 Å². The maximum absolute atomic E-state index is 12.1. The molecule has 1 aliphatic heterocycles. The van der Waals surface area contributed by atoms with E-state index in [0.717, 1.165) is 17.7 Å². The van der Waals surface area contributed by atoms with Crippen molar-refractivity contribution in [2.75, 3.05) is 32.2 Å². The second-order valence-corrected chi connectivity index (χ2v) is 4.70. The van der Waals surface area contributed by atoms with Gasteiger partial charge in [-0.25, -0.2) is 0 Å². The van der Waals surface area contributed by atoms with Crippen molar-refractivity contribution in [1.29, 1.82) is 0 Å². The third kappa shape index (κ3) is 3.53. The van der Waals surface area contributed by atoms with Crippen LogP contribution in [0.1, 0.15) is 5.56 Å². The number of anilines is 1. The molecule has 104 valence electrons. The van der Waals surface area contributed by atoms with Crippen molar-refractivity contribution in [3.8, 4) is 0 Å². The molecular formula is C14H20N2O3. The van der Waals surface area contributed by atoms with Crippen LogP contribution >= 0.6 is 0 Å². The number of nitrogens with two attached hydrogens (primary N) is 1. The normalized spacial score (nSPS) is 22.4. The minimum Gasteiger partial charge on any atom is -0.384 e. The minimum atomic E-state index is -0.268. The van der Waals surface area contributed by atoms with E-state index in [4.69, 9.17) is 15.2 Å². The number of ether oxygens (including phenoxy) is 2. The Morgan fingerprint density at radius 1 is 1.47 bits per heavy atom. The highest BCUT2D eigenvalue weighted by atomic mass is 16.5. The number of amides is 1. The van der Waals surface area contributed by atoms with Crippen LogP contribution in [0.2, 0.25) is 0 Å². The summed E-state index contributed by atoms with van der Waals surface area (Å²) in [6, 6.07) is 7.51. The molecule has 2 unspecified atom stereocenters. The molecule has 0 bridgehead atoms. The summed E-state index contributed by atoms with van der Waals surface area (Å²) in [6.45, 7) is 1.47. The van der Waals surface area contributed by atoms with E-state index in [1.807, 2.05) is 24.3 Å². The van der Waals surface area contributed by atoms with Gasteiger partial charge in [-0.15, -0.1) is 0 Å². The molecule has 0 aliphatic carbocycles. The van der Waals surface area contributed by atoms with Gasteiger partial charge in [0, 0.05) is 18.8 Å². The van der Waals surface area contributed by atoms with Crippen molar-refractivity contribution >= 4 is 11.6 Å². The Hall–Kier alpha value is -1.43. The van der Waals surface area contributed by atoms with Crippen LogP contribution in [0.5, 0.6) is 0 Å². The molecule has 2 rings (SSSR count). The molecular weight excluding hydrogens is 244 g/mol. The predicted molar refractivity (Wildman–Crippen MR) is 72.9 cm³/mol. The first-order valence-electron chi connectivity index (χ1n) is 6.43. The first-order chi connectivity index (χ1) is 9.22. The number of rotatable bonds is 5. The number of nitrogens with one attached hydrogen (secondary N) is 1. The van der Waals surface area contributed by atoms with Crippen LogP contribution in [0.15, 0.2) is 24.3 Å². The van der Waals surface area contributed by atoms with Gasteiger partial charge in [-0.1, -0.05) is 18.2 Å². The smallest absolute Gasteiger partial charge is 0.231 e. The molecule has 1 aliphatic rings. The molecule has 1 aromatic rings. The lowest BCUT2D eigenvalue weighted by Crippen LogP contribution is -2.37. The van der Waals surface area contributed by atoms with Crippen LogP contribution in [0, 0.1) is 5.92 Å². The SMILES string of the molecule is COCCc1ccccc1NC(=O)C1COCC1N. The fourth-order valence-corrected chi connectivity index (χ4v) is 2.14. The standard InChI is InChI=1S/C14H20N2O3/c1-18-7-6-10-4-2-3-5-13(10)16-14(17)11-8-19-9-12(11)15/h2-5,11-12H,6-9,15H2,1H3,(H,16,17). The van der Waals surface area contributed by atoms with Gasteiger partial charge in [-0.3, -0.25) is 4.79 Å². The molecule has 2 atom stereocenters. The molecule has 1 saturated heterocycles. The number of hydrogen-bond donors (Lipinski definition) is 2. The number of carbonyl (C=O) groups is 1. The number of benzene rings is 1. The summed E-state index contributed by atoms with van der Waals surface area (Å²) >= 11 is 0. The Morgan fingerprint density at radius 2 is 2.26 bits per heavy atom. The van der Waals surface area contributed by atoms with Gasteiger partial charge in [0.05, 0.1) is 25.7 Å². The Morgan fingerprint density at radius 3 is 2.95 bits per heavy atom. The zero-order valence-corrected chi connectivity index (χ0v) is 11.1. The zero-order chi connectivity index (χ0) is 13.7. The largest absolute Gasteiger partial charge is 0.384 e. The van der Waals surface area contributed by atoms with Crippen LogP contribution in [-0.2, 0) is 20.7 Å². The molecule has 19 heavy (non-hydrogen) atoms. The van der Waals surface area contributed by atoms with Gasteiger partial charge >= 0.3 is 0 Å². The van der Waals surface area contributed by atoms with Crippen LogP contribution in [-0.4, -0.2) is 38.9 Å². The Kier molecular flexibility index (Phi) is 4.90. The molecule has 1 fully saturated rings. The molecule has 1 heterocycles. The Bertz CT molecular complexity index is 436. The lowest BCUT2D eigenvalue weighted by atomic mass is 10.0. The maximum Gasteiger partial charge on any atom is 0.231 e. The van der Waals surface area contributed by atoms with E-state index < -0.39 is 0 Å². The topological polar surface area (TPSA) is 73.6 Å². The monoisotopic (exact) mass is 264 g/mol. The van der Waals surface area contributed by atoms with Gasteiger partial charge < -0.3 is 20.5 Å². The summed E-state index contributed by atoms with van der Waals surface area (Å²) in [5.74, 6) is -0.342. The first-order valence-corrected chi connectivity index (χ1v) is 6.43. The third-order valence-corrected chi connectivity index (χ3v) is 3.31. The summed E-state index contributed by atoms with van der Waals surface area (Å²) in [7, 11) is 1.66. The average Bonchev–Trinajstić information content (AvgIpc) is 2.84. The van der Waals surface area contributed by atoms with Crippen LogP contribution < -0.4 is 11.1 Å². The van der Waals surface area contributed by atoms with E-state index in [9.17, 15) is 4.79 Å². The fraction of sp³-hybridized carbons (Fsp3) is 0.500. The zero-order valence-electron chi connectivity index (χ0n) is 11.1. The number of hydrogen-bond acceptors (Lipinski definition) is 4. The highest BCUT2D eigenvalue weighted by Crippen LogP contribution is 2.19. The summed E-state index contributed by atoms with van der Waals surface area (Å²) in [4.78, 5) is 12.1. The molecule has 1 amide bonds. The maximum atomic E-state index is 12.1. The van der Waals surface area contributed by atoms with Gasteiger partial charge in [-0.2, -0.15) is 0 Å². The van der Waals surface area contributed by atoms with Crippen molar-refractivity contribution in [3.63, 3.8) is 0 Å². The molecule has 0 spiro atoms. The lowest BCUT2D eigenvalue weighted by Gasteiger charge is -2.15. The minimum absolute atomic E-state index is 0.0742. The summed E-state index contributed by atoms with van der Waals surface area (Å²) in [6.07, 6.45) is 0.764. The van der Waals surface area contributed by atoms with E-state index in [1.165, 1.54) is 0 Å². The first kappa shape index (κ1) is 14.0. The summed E-state index contributed by atoms with van der Waals surface area (Å²) in [5, 5.41) is 2.94. The van der Waals surface area contributed by atoms with Gasteiger partial charge in [0.25, 0.3) is 0 Å². The van der Waals surface area contributed by atoms with Gasteiger partial charge in [0.2, 0.25) is 5.91 Å². The fourth-order valence-electron chi connectivity index (χ4n) is 2.14. The van der Waals surface area contributed by atoms with Crippen molar-refractivity contribution in [3.05, 3.63) is 29.8 Å². The van der Waals surface area contributed by atoms with Crippen molar-refractivity contribution in [2.45, 2.75) is 12.5 Å². The van der Waals surface area contributed by atoms with Crippen LogP contribution in [0.25, 0.3) is 0 Å². The lowest BCUT2D eigenvalue weighted by molar-refractivity contribution is -0.120. The third-order valence-electron chi connectivity index (χ3n) is 3.31. The highest BCUT2D eigenvalue weighted by molar-refractivity contribution is 5.94. The second kappa shape index (κ2) is 6.65. The van der Waals surface area contributed by atoms with Crippen LogP contribution in [0.4, 0.5) is 5.69 Å². The van der Waals surface area contributed by atoms with E-state index in [0.29, 0.717) is 19.8 Å². The quantitative estimate of drug-likeness (QED) is 0.824. The predicted octanol–water partition coefficient (Wildman–Crippen LogP) is 0.788. The second-order valence-electron chi connectivity index (χ2n) is 4.70. The number of methoxy groups -OCH3 is 1. The Labute approximate surface area is 113 Å². The molecule has 0 aromatic heterocycles. The van der Waals surface area contributed by atoms with Gasteiger partial charge in [-0.05, 0) is 18.1 Å².